The summed E-state index contributed by atoms with van der Waals surface area (Å²) in [6.45, 7) is 6.20. The lowest BCUT2D eigenvalue weighted by Gasteiger charge is -2.25. The van der Waals surface area contributed by atoms with Crippen LogP contribution in [0, 0.1) is 5.82 Å². The number of ether oxygens (including phenoxy) is 2. The molecule has 0 aliphatic rings. The molecule has 0 aliphatic carbocycles. The predicted molar refractivity (Wildman–Crippen MR) is 185 cm³/mol. The first-order chi connectivity index (χ1) is 22.5. The zero-order valence-electron chi connectivity index (χ0n) is 26.9. The molecule has 240 valence electrons. The highest BCUT2D eigenvalue weighted by Crippen LogP contribution is 2.40. The Kier molecular flexibility index (Phi) is 10.4. The molecule has 0 bridgehead atoms. The average Bonchev–Trinajstić information content (AvgIpc) is 3.08. The van der Waals surface area contributed by atoms with Crippen molar-refractivity contribution in [3.63, 3.8) is 0 Å². The first kappa shape index (κ1) is 33.4. The molecule has 0 heterocycles. The monoisotopic (exact) mass is 649 g/mol. The number of hydrogen-bond donors (Lipinski definition) is 1. The maximum absolute atomic E-state index is 14.6. The van der Waals surface area contributed by atoms with E-state index >= 15 is 0 Å². The van der Waals surface area contributed by atoms with E-state index in [4.69, 9.17) is 21.1 Å². The lowest BCUT2D eigenvalue weighted by atomic mass is 9.82. The Labute approximate surface area is 280 Å². The van der Waals surface area contributed by atoms with Crippen molar-refractivity contribution in [1.82, 2.24) is 5.32 Å². The maximum atomic E-state index is 14.6. The average molecular weight is 650 g/mol. The number of methoxy groups -OCH3 is 1. The molecule has 1 atom stereocenters. The Bertz CT molecular complexity index is 1850. The Morgan fingerprint density at radius 1 is 0.787 bits per heavy atom. The largest absolute Gasteiger partial charge is 0.487 e. The molecule has 5 nitrogen and oxygen atoms in total. The van der Waals surface area contributed by atoms with Crippen molar-refractivity contribution in [3.8, 4) is 28.0 Å². The van der Waals surface area contributed by atoms with Crippen LogP contribution in [0.3, 0.4) is 0 Å². The van der Waals surface area contributed by atoms with Gasteiger partial charge in [-0.25, -0.2) is 9.18 Å². The van der Waals surface area contributed by atoms with Crippen molar-refractivity contribution < 1.29 is 23.5 Å². The lowest BCUT2D eigenvalue weighted by Crippen LogP contribution is -2.43. The first-order valence-electron chi connectivity index (χ1n) is 15.4. The third-order valence-corrected chi connectivity index (χ3v) is 8.30. The van der Waals surface area contributed by atoms with Gasteiger partial charge >= 0.3 is 5.97 Å². The molecule has 7 heteroatoms. The summed E-state index contributed by atoms with van der Waals surface area (Å²) >= 11 is 6.43. The van der Waals surface area contributed by atoms with Crippen LogP contribution in [-0.2, 0) is 28.0 Å². The molecule has 0 unspecified atom stereocenters. The quantitative estimate of drug-likeness (QED) is 0.153. The van der Waals surface area contributed by atoms with E-state index in [0.717, 1.165) is 27.8 Å². The number of amides is 1. The van der Waals surface area contributed by atoms with Crippen LogP contribution in [0.4, 0.5) is 4.39 Å². The van der Waals surface area contributed by atoms with Crippen LogP contribution in [0.15, 0.2) is 115 Å². The van der Waals surface area contributed by atoms with Gasteiger partial charge in [0.25, 0.3) is 5.91 Å². The van der Waals surface area contributed by atoms with E-state index < -0.39 is 29.2 Å². The van der Waals surface area contributed by atoms with Gasteiger partial charge in [0, 0.05) is 17.5 Å². The molecule has 1 amide bonds. The van der Waals surface area contributed by atoms with E-state index in [1.54, 1.807) is 12.1 Å². The normalized spacial score (nSPS) is 11.9. The molecular formula is C40H37ClFNO4. The van der Waals surface area contributed by atoms with Crippen molar-refractivity contribution in [2.45, 2.75) is 45.3 Å². The Morgan fingerprint density at radius 2 is 1.40 bits per heavy atom. The minimum atomic E-state index is -0.934. The van der Waals surface area contributed by atoms with Crippen molar-refractivity contribution in [3.05, 3.63) is 148 Å². The molecule has 1 N–H and O–H groups in total. The standard InChI is InChI=1S/C40H37ClFNO4/c1-40(2,3)33-21-19-30(31-20-22-34(42)36(41)37(31)47-25-27-11-7-5-8-12-27)24-32(33)38(44)43-35(39(45)46-4)23-26-15-17-29(18-16-26)28-13-9-6-10-14-28/h5-22,24,35H,23,25H2,1-4H3,(H,43,44)/t35-/m0/s1. The smallest absolute Gasteiger partial charge is 0.328 e. The van der Waals surface area contributed by atoms with Gasteiger partial charge in [-0.15, -0.1) is 0 Å². The zero-order valence-corrected chi connectivity index (χ0v) is 27.6. The van der Waals surface area contributed by atoms with Gasteiger partial charge in [0.05, 0.1) is 7.11 Å². The first-order valence-corrected chi connectivity index (χ1v) is 15.8. The predicted octanol–water partition coefficient (Wildman–Crippen LogP) is 9.20. The second-order valence-electron chi connectivity index (χ2n) is 12.3. The summed E-state index contributed by atoms with van der Waals surface area (Å²) in [6, 6.07) is 34.8. The van der Waals surface area contributed by atoms with E-state index in [0.29, 0.717) is 16.7 Å². The number of nitrogens with one attached hydrogen (secondary N) is 1. The lowest BCUT2D eigenvalue weighted by molar-refractivity contribution is -0.142. The Hall–Kier alpha value is -4.94. The highest BCUT2D eigenvalue weighted by molar-refractivity contribution is 6.32. The van der Waals surface area contributed by atoms with Crippen molar-refractivity contribution in [2.75, 3.05) is 7.11 Å². The summed E-state index contributed by atoms with van der Waals surface area (Å²) in [7, 11) is 1.30. The Morgan fingerprint density at radius 3 is 2.04 bits per heavy atom. The molecule has 0 aliphatic heterocycles. The van der Waals surface area contributed by atoms with Crippen LogP contribution in [0.25, 0.3) is 22.3 Å². The number of hydrogen-bond acceptors (Lipinski definition) is 4. The van der Waals surface area contributed by atoms with Crippen molar-refractivity contribution in [1.29, 1.82) is 0 Å². The molecule has 47 heavy (non-hydrogen) atoms. The molecule has 0 aromatic heterocycles. The van der Waals surface area contributed by atoms with Gasteiger partial charge in [0.15, 0.2) is 0 Å². The van der Waals surface area contributed by atoms with Crippen LogP contribution >= 0.6 is 11.6 Å². The van der Waals surface area contributed by atoms with Gasteiger partial charge in [-0.05, 0) is 57.0 Å². The highest BCUT2D eigenvalue weighted by Gasteiger charge is 2.28. The fourth-order valence-electron chi connectivity index (χ4n) is 5.45. The molecule has 0 fully saturated rings. The topological polar surface area (TPSA) is 64.6 Å². The zero-order chi connectivity index (χ0) is 33.6. The molecule has 5 aromatic rings. The van der Waals surface area contributed by atoms with Crippen LogP contribution in [0.5, 0.6) is 5.75 Å². The second-order valence-corrected chi connectivity index (χ2v) is 12.7. The fraction of sp³-hybridized carbons (Fsp3) is 0.200. The van der Waals surface area contributed by atoms with Crippen LogP contribution in [0.2, 0.25) is 5.02 Å². The molecule has 5 rings (SSSR count). The van der Waals surface area contributed by atoms with E-state index in [1.807, 2.05) is 118 Å². The summed E-state index contributed by atoms with van der Waals surface area (Å²) in [5, 5.41) is 2.78. The summed E-state index contributed by atoms with van der Waals surface area (Å²) in [4.78, 5) is 27.0. The van der Waals surface area contributed by atoms with Gasteiger partial charge in [-0.3, -0.25) is 4.79 Å². The number of carbonyl (C=O) groups is 2. The molecule has 5 aromatic carbocycles. The van der Waals surface area contributed by atoms with Crippen LogP contribution in [0.1, 0.15) is 47.8 Å². The number of benzene rings is 5. The summed E-state index contributed by atoms with van der Waals surface area (Å²) < 4.78 is 25.8. The molecule has 0 radical (unpaired) electrons. The van der Waals surface area contributed by atoms with E-state index in [2.05, 4.69) is 5.32 Å². The maximum Gasteiger partial charge on any atom is 0.328 e. The third kappa shape index (κ3) is 8.08. The summed E-state index contributed by atoms with van der Waals surface area (Å²) in [6.07, 6.45) is 0.239. The number of esters is 1. The second kappa shape index (κ2) is 14.7. The van der Waals surface area contributed by atoms with E-state index in [9.17, 15) is 14.0 Å². The van der Waals surface area contributed by atoms with Crippen LogP contribution in [-0.4, -0.2) is 25.0 Å². The van der Waals surface area contributed by atoms with E-state index in [1.165, 1.54) is 13.2 Å². The Balaban J connectivity index is 1.46. The molecule has 0 spiro atoms. The minimum Gasteiger partial charge on any atom is -0.487 e. The van der Waals surface area contributed by atoms with Gasteiger partial charge < -0.3 is 14.8 Å². The number of carbonyl (C=O) groups excluding carboxylic acids is 2. The highest BCUT2D eigenvalue weighted by atomic mass is 35.5. The fourth-order valence-corrected chi connectivity index (χ4v) is 5.67. The SMILES string of the molecule is COC(=O)[C@H](Cc1ccc(-c2ccccc2)cc1)NC(=O)c1cc(-c2ccc(F)c(Cl)c2OCc2ccccc2)ccc1C(C)(C)C. The van der Waals surface area contributed by atoms with Crippen molar-refractivity contribution >= 4 is 23.5 Å². The summed E-state index contributed by atoms with van der Waals surface area (Å²) in [5.74, 6) is -1.42. The van der Waals surface area contributed by atoms with Gasteiger partial charge in [-0.2, -0.15) is 0 Å². The molecule has 0 saturated carbocycles. The van der Waals surface area contributed by atoms with Gasteiger partial charge in [-0.1, -0.05) is 129 Å². The third-order valence-electron chi connectivity index (χ3n) is 7.95. The number of halogens is 2. The minimum absolute atomic E-state index is 0.145. The van der Waals surface area contributed by atoms with E-state index in [-0.39, 0.29) is 23.8 Å². The van der Waals surface area contributed by atoms with Gasteiger partial charge in [0.2, 0.25) is 0 Å². The summed E-state index contributed by atoms with van der Waals surface area (Å²) in [5.41, 5.74) is 5.77. The van der Waals surface area contributed by atoms with Crippen LogP contribution < -0.4 is 10.1 Å². The molecular weight excluding hydrogens is 613 g/mol. The van der Waals surface area contributed by atoms with Crippen molar-refractivity contribution in [2.24, 2.45) is 0 Å². The molecule has 0 saturated heterocycles. The van der Waals surface area contributed by atoms with Gasteiger partial charge in [0.1, 0.15) is 29.2 Å². The number of rotatable bonds is 10.